The van der Waals surface area contributed by atoms with Crippen molar-refractivity contribution in [3.8, 4) is 0 Å². The molecule has 3 heteroatoms. The molecule has 0 aliphatic rings. The van der Waals surface area contributed by atoms with Crippen molar-refractivity contribution in [1.29, 1.82) is 0 Å². The second-order valence-electron chi connectivity index (χ2n) is 6.82. The first-order valence-electron chi connectivity index (χ1n) is 7.30. The average molecular weight is 271 g/mol. The van der Waals surface area contributed by atoms with Crippen LogP contribution in [0.2, 0.25) is 15.8 Å². The lowest BCUT2D eigenvalue weighted by molar-refractivity contribution is -0.115. The Bertz CT molecular complexity index is 167. The van der Waals surface area contributed by atoms with Gasteiger partial charge in [0.25, 0.3) is 14.1 Å². The Morgan fingerprint density at radius 3 is 1.17 bits per heavy atom. The summed E-state index contributed by atoms with van der Waals surface area (Å²) in [4.78, 5) is 10.9. The molecule has 0 saturated heterocycles. The van der Waals surface area contributed by atoms with Gasteiger partial charge in [0.15, 0.2) is 0 Å². The maximum atomic E-state index is 9.43. The highest BCUT2D eigenvalue weighted by Crippen LogP contribution is 2.20. The first kappa shape index (κ1) is 20.3. The summed E-state index contributed by atoms with van der Waals surface area (Å²) in [6.45, 7) is 14.3. The molecule has 0 atom stereocenters. The molecule has 1 amide bonds. The molecular formula is C15H34AlNO. The largest absolute Gasteiger partial charge is 0.351 e. The molecule has 0 aliphatic heterocycles. The average Bonchev–Trinajstić information content (AvgIpc) is 2.14. The number of hydrogen-bond donors (Lipinski definition) is 0. The molecule has 0 fully saturated rings. The van der Waals surface area contributed by atoms with Crippen molar-refractivity contribution in [2.75, 3.05) is 14.1 Å². The van der Waals surface area contributed by atoms with Crippen LogP contribution in [0.1, 0.15) is 41.5 Å². The number of carbonyl (C=O) groups excluding carboxylic acids is 1. The third kappa shape index (κ3) is 18.4. The SMILES string of the molecule is CC(C)[CH2][Al]([CH2]C(C)C)[CH2]C(C)C.CN(C)C=O. The smallest absolute Gasteiger partial charge is 0.262 e. The third-order valence-electron chi connectivity index (χ3n) is 2.63. The van der Waals surface area contributed by atoms with Gasteiger partial charge in [0.2, 0.25) is 6.41 Å². The van der Waals surface area contributed by atoms with Crippen LogP contribution in [0.15, 0.2) is 0 Å². The van der Waals surface area contributed by atoms with Crippen molar-refractivity contribution in [2.45, 2.75) is 57.4 Å². The Labute approximate surface area is 120 Å². The standard InChI is InChI=1S/3C4H9.C3H7NO.Al/c3*1-4(2)3;1-4(2)3-5;/h3*4H,1H2,2-3H3;3H,1-2H3;. The topological polar surface area (TPSA) is 20.3 Å². The normalized spacial score (nSPS) is 10.4. The lowest BCUT2D eigenvalue weighted by atomic mass is 10.2. The number of nitrogens with zero attached hydrogens (tertiary/aromatic N) is 1. The van der Waals surface area contributed by atoms with E-state index in [1.54, 1.807) is 29.9 Å². The van der Waals surface area contributed by atoms with Crippen LogP contribution in [-0.2, 0) is 4.79 Å². The molecule has 0 heterocycles. The van der Waals surface area contributed by atoms with Gasteiger partial charge in [-0.05, 0) is 0 Å². The van der Waals surface area contributed by atoms with Crippen molar-refractivity contribution < 1.29 is 4.79 Å². The minimum atomic E-state index is -0.407. The summed E-state index contributed by atoms with van der Waals surface area (Å²) < 4.78 is 0. The van der Waals surface area contributed by atoms with Crippen LogP contribution in [0.5, 0.6) is 0 Å². The van der Waals surface area contributed by atoms with Crippen LogP contribution in [0.3, 0.4) is 0 Å². The van der Waals surface area contributed by atoms with Crippen LogP contribution in [0.25, 0.3) is 0 Å². The molecule has 2 nitrogen and oxygen atoms in total. The number of rotatable bonds is 7. The molecule has 0 bridgehead atoms. The summed E-state index contributed by atoms with van der Waals surface area (Å²) in [5.41, 5.74) is 0. The van der Waals surface area contributed by atoms with E-state index in [9.17, 15) is 4.79 Å². The van der Waals surface area contributed by atoms with Crippen molar-refractivity contribution in [3.63, 3.8) is 0 Å². The van der Waals surface area contributed by atoms with E-state index in [1.807, 2.05) is 0 Å². The first-order valence-corrected chi connectivity index (χ1v) is 9.75. The molecular weight excluding hydrogens is 237 g/mol. The van der Waals surface area contributed by atoms with Crippen molar-refractivity contribution >= 4 is 20.6 Å². The van der Waals surface area contributed by atoms with E-state index >= 15 is 0 Å². The van der Waals surface area contributed by atoms with Gasteiger partial charge in [0, 0.05) is 14.1 Å². The van der Waals surface area contributed by atoms with Crippen molar-refractivity contribution in [1.82, 2.24) is 4.90 Å². The van der Waals surface area contributed by atoms with Crippen molar-refractivity contribution in [2.24, 2.45) is 17.8 Å². The maximum absolute atomic E-state index is 9.43. The Balaban J connectivity index is 0. The monoisotopic (exact) mass is 271 g/mol. The van der Waals surface area contributed by atoms with Crippen LogP contribution in [0, 0.1) is 17.8 Å². The Morgan fingerprint density at radius 1 is 0.833 bits per heavy atom. The van der Waals surface area contributed by atoms with Gasteiger partial charge >= 0.3 is 0 Å². The van der Waals surface area contributed by atoms with E-state index in [0.717, 1.165) is 24.2 Å². The quantitative estimate of drug-likeness (QED) is 0.503. The molecule has 0 aromatic rings. The number of carbonyl (C=O) groups is 1. The summed E-state index contributed by atoms with van der Waals surface area (Å²) in [5, 5.41) is 4.66. The number of amides is 1. The fraction of sp³-hybridized carbons (Fsp3) is 0.933. The van der Waals surface area contributed by atoms with Crippen LogP contribution in [0.4, 0.5) is 0 Å². The molecule has 0 spiro atoms. The van der Waals surface area contributed by atoms with E-state index in [-0.39, 0.29) is 0 Å². The predicted molar refractivity (Wildman–Crippen MR) is 84.4 cm³/mol. The number of hydrogen-bond acceptors (Lipinski definition) is 1. The summed E-state index contributed by atoms with van der Waals surface area (Å²) >= 11 is -0.407. The second-order valence-corrected chi connectivity index (χ2v) is 9.97. The molecule has 0 aromatic heterocycles. The highest BCUT2D eigenvalue weighted by Gasteiger charge is 2.20. The molecule has 0 unspecified atom stereocenters. The Morgan fingerprint density at radius 2 is 1.06 bits per heavy atom. The summed E-state index contributed by atoms with van der Waals surface area (Å²) in [7, 11) is 3.38. The van der Waals surface area contributed by atoms with Gasteiger partial charge in [-0.2, -0.15) is 0 Å². The zero-order valence-corrected chi connectivity index (χ0v) is 15.0. The van der Waals surface area contributed by atoms with E-state index in [2.05, 4.69) is 41.5 Å². The summed E-state index contributed by atoms with van der Waals surface area (Å²) in [6, 6.07) is 0. The van der Waals surface area contributed by atoms with Gasteiger partial charge in [-0.3, -0.25) is 4.79 Å². The van der Waals surface area contributed by atoms with E-state index in [0.29, 0.717) is 0 Å². The Kier molecular flexibility index (Phi) is 13.6. The van der Waals surface area contributed by atoms with Gasteiger partial charge in [0.05, 0.1) is 0 Å². The summed E-state index contributed by atoms with van der Waals surface area (Å²) in [5.74, 6) is 2.78. The van der Waals surface area contributed by atoms with Gasteiger partial charge < -0.3 is 4.90 Å². The highest BCUT2D eigenvalue weighted by molar-refractivity contribution is 6.58. The van der Waals surface area contributed by atoms with Crippen LogP contribution < -0.4 is 0 Å². The molecule has 0 saturated carbocycles. The van der Waals surface area contributed by atoms with Gasteiger partial charge in [0.1, 0.15) is 0 Å². The van der Waals surface area contributed by atoms with Crippen LogP contribution in [-0.4, -0.2) is 39.6 Å². The first-order chi connectivity index (χ1) is 8.18. The molecule has 0 aromatic carbocycles. The maximum Gasteiger partial charge on any atom is 0.262 e. The Hall–Kier alpha value is 0.00247. The van der Waals surface area contributed by atoms with E-state index in [1.165, 1.54) is 4.90 Å². The molecule has 0 N–H and O–H groups in total. The zero-order chi connectivity index (χ0) is 14.7. The molecule has 0 rings (SSSR count). The van der Waals surface area contributed by atoms with Gasteiger partial charge in [-0.1, -0.05) is 75.1 Å². The zero-order valence-electron chi connectivity index (χ0n) is 13.9. The fourth-order valence-corrected chi connectivity index (χ4v) is 6.87. The highest BCUT2D eigenvalue weighted by atomic mass is 27.2. The van der Waals surface area contributed by atoms with E-state index in [4.69, 9.17) is 0 Å². The van der Waals surface area contributed by atoms with Gasteiger partial charge in [-0.15, -0.1) is 0 Å². The fourth-order valence-electron chi connectivity index (χ4n) is 2.29. The van der Waals surface area contributed by atoms with Crippen molar-refractivity contribution in [3.05, 3.63) is 0 Å². The van der Waals surface area contributed by atoms with E-state index < -0.39 is 14.1 Å². The molecule has 18 heavy (non-hydrogen) atoms. The minimum absolute atomic E-state index is 0.407. The van der Waals surface area contributed by atoms with Gasteiger partial charge in [-0.25, -0.2) is 0 Å². The lowest BCUT2D eigenvalue weighted by Crippen LogP contribution is -2.19. The molecule has 108 valence electrons. The predicted octanol–water partition coefficient (Wildman–Crippen LogP) is 4.15. The summed E-state index contributed by atoms with van der Waals surface area (Å²) in [6.07, 6.45) is 0.750. The minimum Gasteiger partial charge on any atom is -0.351 e. The molecule has 0 radical (unpaired) electrons. The molecule has 0 aliphatic carbocycles. The van der Waals surface area contributed by atoms with Crippen LogP contribution >= 0.6 is 0 Å². The third-order valence-corrected chi connectivity index (χ3v) is 7.45. The lowest BCUT2D eigenvalue weighted by Gasteiger charge is -2.17. The second kappa shape index (κ2) is 12.1.